The largest absolute Gasteiger partial charge is 0.497 e. The monoisotopic (exact) mass is 311 g/mol. The van der Waals surface area contributed by atoms with Gasteiger partial charge in [-0.05, 0) is 45.7 Å². The maximum atomic E-state index is 5.25. The molecule has 0 aliphatic rings. The minimum Gasteiger partial charge on any atom is -0.497 e. The number of nitrogens with zero attached hydrogens (tertiary/aromatic N) is 3. The van der Waals surface area contributed by atoms with Crippen LogP contribution in [0.25, 0.3) is 11.3 Å². The van der Waals surface area contributed by atoms with E-state index in [1.54, 1.807) is 7.11 Å². The molecule has 0 aliphatic carbocycles. The Bertz CT molecular complexity index is 694. The van der Waals surface area contributed by atoms with Crippen LogP contribution in [0.3, 0.4) is 0 Å². The van der Waals surface area contributed by atoms with E-state index in [9.17, 15) is 0 Å². The first-order valence-corrected chi connectivity index (χ1v) is 7.92. The van der Waals surface area contributed by atoms with E-state index in [2.05, 4.69) is 43.2 Å². The molecule has 0 saturated heterocycles. The van der Waals surface area contributed by atoms with Gasteiger partial charge >= 0.3 is 0 Å². The lowest BCUT2D eigenvalue weighted by molar-refractivity contribution is 0.415. The van der Waals surface area contributed by atoms with Gasteiger partial charge in [0.15, 0.2) is 0 Å². The van der Waals surface area contributed by atoms with E-state index in [1.807, 2.05) is 35.1 Å². The predicted octanol–water partition coefficient (Wildman–Crippen LogP) is 4.65. The molecule has 2 aromatic rings. The fraction of sp³-hybridized carbons (Fsp3) is 0.368. The Labute approximate surface area is 138 Å². The molecule has 0 spiro atoms. The van der Waals surface area contributed by atoms with Crippen LogP contribution in [-0.2, 0) is 6.54 Å². The summed E-state index contributed by atoms with van der Waals surface area (Å²) < 4.78 is 7.11. The van der Waals surface area contributed by atoms with E-state index < -0.39 is 0 Å². The molecule has 0 amide bonds. The fourth-order valence-electron chi connectivity index (χ4n) is 2.24. The van der Waals surface area contributed by atoms with Gasteiger partial charge in [-0.1, -0.05) is 40.6 Å². The van der Waals surface area contributed by atoms with Crippen molar-refractivity contribution in [3.63, 3.8) is 0 Å². The molecule has 0 aliphatic heterocycles. The van der Waals surface area contributed by atoms with Gasteiger partial charge in [0.2, 0.25) is 0 Å². The number of ether oxygens (including phenoxy) is 1. The summed E-state index contributed by atoms with van der Waals surface area (Å²) in [4.78, 5) is 0. The van der Waals surface area contributed by atoms with Crippen LogP contribution in [0, 0.1) is 0 Å². The lowest BCUT2D eigenvalue weighted by atomic mass is 10.1. The van der Waals surface area contributed by atoms with Gasteiger partial charge in [0.05, 0.1) is 19.9 Å². The molecule has 0 bridgehead atoms. The van der Waals surface area contributed by atoms with Crippen LogP contribution in [-0.4, -0.2) is 22.1 Å². The van der Waals surface area contributed by atoms with Gasteiger partial charge in [-0.3, -0.25) is 0 Å². The Kier molecular flexibility index (Phi) is 6.15. The molecular formula is C19H25N3O. The Morgan fingerprint density at radius 1 is 1.22 bits per heavy atom. The SMILES string of the molecule is COc1cccc(-c2cn(C/C=C(\C)CCC=C(C)C)nn2)c1. The molecule has 0 saturated carbocycles. The molecule has 0 N–H and O–H groups in total. The van der Waals surface area contributed by atoms with Gasteiger partial charge in [-0.15, -0.1) is 5.10 Å². The maximum absolute atomic E-state index is 5.25. The van der Waals surface area contributed by atoms with E-state index in [0.29, 0.717) is 0 Å². The summed E-state index contributed by atoms with van der Waals surface area (Å²) in [6, 6.07) is 7.86. The molecule has 1 aromatic carbocycles. The summed E-state index contributed by atoms with van der Waals surface area (Å²) in [6.07, 6.45) is 8.63. The summed E-state index contributed by atoms with van der Waals surface area (Å²) in [5.41, 5.74) is 4.62. The summed E-state index contributed by atoms with van der Waals surface area (Å²) in [5.74, 6) is 0.826. The quantitative estimate of drug-likeness (QED) is 0.699. The van der Waals surface area contributed by atoms with Gasteiger partial charge in [-0.2, -0.15) is 0 Å². The Morgan fingerprint density at radius 2 is 2.04 bits per heavy atom. The number of aromatic nitrogens is 3. The first-order valence-electron chi connectivity index (χ1n) is 7.92. The van der Waals surface area contributed by atoms with Crippen LogP contribution in [0.5, 0.6) is 5.75 Å². The van der Waals surface area contributed by atoms with Gasteiger partial charge in [0.1, 0.15) is 11.4 Å². The van der Waals surface area contributed by atoms with Crippen molar-refractivity contribution in [3.8, 4) is 17.0 Å². The number of hydrogen-bond donors (Lipinski definition) is 0. The maximum Gasteiger partial charge on any atom is 0.119 e. The molecule has 0 fully saturated rings. The topological polar surface area (TPSA) is 39.9 Å². The zero-order valence-electron chi connectivity index (χ0n) is 14.4. The second-order valence-electron chi connectivity index (χ2n) is 5.93. The van der Waals surface area contributed by atoms with Gasteiger partial charge in [-0.25, -0.2) is 4.68 Å². The smallest absolute Gasteiger partial charge is 0.119 e. The van der Waals surface area contributed by atoms with Crippen molar-refractivity contribution in [2.75, 3.05) is 7.11 Å². The van der Waals surface area contributed by atoms with Crippen LogP contribution in [0.2, 0.25) is 0 Å². The normalized spacial score (nSPS) is 11.4. The number of rotatable bonds is 7. The molecule has 1 aromatic heterocycles. The lowest BCUT2D eigenvalue weighted by Gasteiger charge is -2.01. The molecule has 1 heterocycles. The zero-order valence-corrected chi connectivity index (χ0v) is 14.4. The summed E-state index contributed by atoms with van der Waals surface area (Å²) in [5, 5.41) is 8.44. The van der Waals surface area contributed by atoms with Crippen LogP contribution in [0.1, 0.15) is 33.6 Å². The average molecular weight is 311 g/mol. The molecule has 0 radical (unpaired) electrons. The van der Waals surface area contributed by atoms with Crippen LogP contribution in [0.4, 0.5) is 0 Å². The van der Waals surface area contributed by atoms with Crippen molar-refractivity contribution in [1.82, 2.24) is 15.0 Å². The standard InChI is InChI=1S/C19H25N3O/c1-15(2)7-5-8-16(3)11-12-22-14-19(20-21-22)17-9-6-10-18(13-17)23-4/h6-7,9-11,13-14H,5,8,12H2,1-4H3/b16-11+. The van der Waals surface area contributed by atoms with Gasteiger partial charge < -0.3 is 4.74 Å². The molecular weight excluding hydrogens is 286 g/mol. The van der Waals surface area contributed by atoms with Crippen LogP contribution in [0.15, 0.2) is 53.8 Å². The first kappa shape index (κ1) is 17.0. The number of allylic oxidation sites excluding steroid dienone is 4. The van der Waals surface area contributed by atoms with Crippen molar-refractivity contribution in [3.05, 3.63) is 53.8 Å². The van der Waals surface area contributed by atoms with E-state index in [0.717, 1.165) is 36.4 Å². The first-order chi connectivity index (χ1) is 11.1. The molecule has 0 atom stereocenters. The van der Waals surface area contributed by atoms with Gasteiger partial charge in [0, 0.05) is 5.56 Å². The highest BCUT2D eigenvalue weighted by Crippen LogP contribution is 2.21. The third-order valence-electron chi connectivity index (χ3n) is 3.62. The second kappa shape index (κ2) is 8.32. The molecule has 2 rings (SSSR count). The second-order valence-corrected chi connectivity index (χ2v) is 5.93. The van der Waals surface area contributed by atoms with E-state index in [4.69, 9.17) is 4.74 Å². The fourth-order valence-corrected chi connectivity index (χ4v) is 2.24. The molecule has 122 valence electrons. The Hall–Kier alpha value is -2.36. The van der Waals surface area contributed by atoms with Crippen LogP contribution >= 0.6 is 0 Å². The minimum atomic E-state index is 0.748. The van der Waals surface area contributed by atoms with Crippen molar-refractivity contribution in [1.29, 1.82) is 0 Å². The number of methoxy groups -OCH3 is 1. The van der Waals surface area contributed by atoms with Crippen molar-refractivity contribution < 1.29 is 4.74 Å². The third-order valence-corrected chi connectivity index (χ3v) is 3.62. The lowest BCUT2D eigenvalue weighted by Crippen LogP contribution is -1.96. The van der Waals surface area contributed by atoms with E-state index in [1.165, 1.54) is 11.1 Å². The average Bonchev–Trinajstić information content (AvgIpc) is 3.01. The summed E-state index contributed by atoms with van der Waals surface area (Å²) in [7, 11) is 1.67. The molecule has 0 unspecified atom stereocenters. The summed E-state index contributed by atoms with van der Waals surface area (Å²) >= 11 is 0. The molecule has 4 nitrogen and oxygen atoms in total. The van der Waals surface area contributed by atoms with Gasteiger partial charge in [0.25, 0.3) is 0 Å². The zero-order chi connectivity index (χ0) is 16.7. The van der Waals surface area contributed by atoms with Crippen LogP contribution < -0.4 is 4.74 Å². The van der Waals surface area contributed by atoms with Crippen molar-refractivity contribution in [2.24, 2.45) is 0 Å². The van der Waals surface area contributed by atoms with E-state index >= 15 is 0 Å². The summed E-state index contributed by atoms with van der Waals surface area (Å²) in [6.45, 7) is 7.18. The minimum absolute atomic E-state index is 0.748. The molecule has 4 heteroatoms. The predicted molar refractivity (Wildman–Crippen MR) is 94.4 cm³/mol. The van der Waals surface area contributed by atoms with E-state index in [-0.39, 0.29) is 0 Å². The third kappa shape index (κ3) is 5.40. The van der Waals surface area contributed by atoms with Crippen molar-refractivity contribution in [2.45, 2.75) is 40.2 Å². The van der Waals surface area contributed by atoms with Crippen molar-refractivity contribution >= 4 is 0 Å². The Balaban J connectivity index is 1.98. The highest BCUT2D eigenvalue weighted by molar-refractivity contribution is 5.59. The highest BCUT2D eigenvalue weighted by Gasteiger charge is 2.04. The number of benzene rings is 1. The number of hydrogen-bond acceptors (Lipinski definition) is 3. The highest BCUT2D eigenvalue weighted by atomic mass is 16.5. The Morgan fingerprint density at radius 3 is 2.78 bits per heavy atom. The molecule has 23 heavy (non-hydrogen) atoms.